The number of aromatic amines is 1. The lowest BCUT2D eigenvalue weighted by atomic mass is 10.1. The van der Waals surface area contributed by atoms with Crippen LogP contribution in [0.5, 0.6) is 0 Å². The molecule has 3 heterocycles. The number of carbonyl (C=O) groups is 2. The van der Waals surface area contributed by atoms with E-state index in [1.165, 1.54) is 0 Å². The first-order valence-corrected chi connectivity index (χ1v) is 10.1. The predicted octanol–water partition coefficient (Wildman–Crippen LogP) is 1.71. The number of H-pyrrole nitrogens is 1. The van der Waals surface area contributed by atoms with Gasteiger partial charge in [0.05, 0.1) is 0 Å². The molecule has 0 unspecified atom stereocenters. The molecular weight excluding hydrogens is 422 g/mol. The molecule has 0 saturated carbocycles. The highest BCUT2D eigenvalue weighted by Crippen LogP contribution is 2.31. The molecule has 0 fully saturated rings. The monoisotopic (exact) mass is 439 g/mol. The second-order valence-electron chi connectivity index (χ2n) is 7.87. The molecule has 2 aromatic heterocycles. The van der Waals surface area contributed by atoms with Gasteiger partial charge in [-0.2, -0.15) is 4.57 Å². The number of fused-ring (bicyclic) bond motifs is 7. The Morgan fingerprint density at radius 1 is 0.938 bits per heavy atom. The molecule has 5 nitrogen and oxygen atoms in total. The summed E-state index contributed by atoms with van der Waals surface area (Å²) in [4.78, 5) is 29.3. The number of nitrogens with zero attached hydrogens (tertiary/aromatic N) is 1. The van der Waals surface area contributed by atoms with Crippen LogP contribution in [0.1, 0.15) is 32.0 Å². The maximum atomic E-state index is 13.1. The number of anilines is 1. The summed E-state index contributed by atoms with van der Waals surface area (Å²) in [6, 6.07) is 22.9. The fourth-order valence-electron chi connectivity index (χ4n) is 4.33. The van der Waals surface area contributed by atoms with Crippen molar-refractivity contribution in [3.05, 3.63) is 101 Å². The van der Waals surface area contributed by atoms with Gasteiger partial charge in [-0.25, -0.2) is 0 Å². The summed E-state index contributed by atoms with van der Waals surface area (Å²) in [5.41, 5.74) is 6.35. The van der Waals surface area contributed by atoms with Crippen molar-refractivity contribution in [1.82, 2.24) is 4.98 Å². The van der Waals surface area contributed by atoms with E-state index in [1.807, 2.05) is 84.4 Å². The number of para-hydroxylation sites is 1. The Bertz CT molecular complexity index is 1550. The van der Waals surface area contributed by atoms with Crippen molar-refractivity contribution in [2.75, 3.05) is 5.32 Å². The van der Waals surface area contributed by atoms with Gasteiger partial charge >= 0.3 is 0 Å². The molecule has 1 amide bonds. The number of aromatic nitrogens is 2. The van der Waals surface area contributed by atoms with Gasteiger partial charge in [0.25, 0.3) is 17.4 Å². The van der Waals surface area contributed by atoms with Crippen LogP contribution in [0.4, 0.5) is 5.69 Å². The quantitative estimate of drug-likeness (QED) is 0.403. The van der Waals surface area contributed by atoms with Crippen LogP contribution in [0.25, 0.3) is 27.5 Å². The molecule has 2 N–H and O–H groups in total. The first kappa shape index (κ1) is 20.0. The first-order chi connectivity index (χ1) is 15.1. The van der Waals surface area contributed by atoms with Gasteiger partial charge in [0, 0.05) is 39.7 Å². The van der Waals surface area contributed by atoms with Crippen molar-refractivity contribution in [2.45, 2.75) is 6.92 Å². The number of aryl methyl sites for hydroxylation is 1. The van der Waals surface area contributed by atoms with Gasteiger partial charge in [-0.1, -0.05) is 29.8 Å². The van der Waals surface area contributed by atoms with Gasteiger partial charge in [0.2, 0.25) is 5.69 Å². The SMILES string of the molecule is Cc1ccc(NC(=O)c2ccc3[nH]c4c5[n+](ccc4c3c2)-c2ccccc2C5=O)cc1.[Cl-]. The third kappa shape index (κ3) is 2.90. The number of amides is 1. The Kier molecular flexibility index (Phi) is 4.57. The molecule has 3 aromatic carbocycles. The zero-order valence-electron chi connectivity index (χ0n) is 17.1. The second-order valence-corrected chi connectivity index (χ2v) is 7.87. The maximum Gasteiger partial charge on any atom is 0.284 e. The van der Waals surface area contributed by atoms with Crippen molar-refractivity contribution in [3.8, 4) is 5.69 Å². The van der Waals surface area contributed by atoms with E-state index in [0.29, 0.717) is 16.8 Å². The average molecular weight is 440 g/mol. The highest BCUT2D eigenvalue weighted by molar-refractivity contribution is 6.21. The van der Waals surface area contributed by atoms with Crippen LogP contribution < -0.4 is 22.3 Å². The third-order valence-electron chi connectivity index (χ3n) is 5.90. The van der Waals surface area contributed by atoms with Gasteiger partial charge in [-0.3, -0.25) is 9.59 Å². The molecule has 0 aliphatic carbocycles. The lowest BCUT2D eigenvalue weighted by Gasteiger charge is -2.06. The summed E-state index contributed by atoms with van der Waals surface area (Å²) < 4.78 is 1.93. The molecule has 156 valence electrons. The van der Waals surface area contributed by atoms with Crippen molar-refractivity contribution in [3.63, 3.8) is 0 Å². The highest BCUT2D eigenvalue weighted by Gasteiger charge is 2.38. The predicted molar refractivity (Wildman–Crippen MR) is 120 cm³/mol. The van der Waals surface area contributed by atoms with E-state index in [2.05, 4.69) is 10.3 Å². The highest BCUT2D eigenvalue weighted by atomic mass is 35.5. The fourth-order valence-corrected chi connectivity index (χ4v) is 4.33. The van der Waals surface area contributed by atoms with Crippen molar-refractivity contribution >= 4 is 39.2 Å². The van der Waals surface area contributed by atoms with E-state index in [9.17, 15) is 9.59 Å². The lowest BCUT2D eigenvalue weighted by molar-refractivity contribution is -0.592. The minimum absolute atomic E-state index is 0. The van der Waals surface area contributed by atoms with E-state index in [1.54, 1.807) is 6.07 Å². The van der Waals surface area contributed by atoms with Gasteiger partial charge in [-0.05, 0) is 43.3 Å². The Hall–Kier alpha value is -3.96. The van der Waals surface area contributed by atoms with Gasteiger partial charge in [-0.15, -0.1) is 0 Å². The minimum Gasteiger partial charge on any atom is -1.00 e. The normalized spacial score (nSPS) is 11.8. The molecule has 5 aromatic rings. The summed E-state index contributed by atoms with van der Waals surface area (Å²) >= 11 is 0. The second kappa shape index (κ2) is 7.32. The molecule has 1 aliphatic rings. The number of benzene rings is 3. The first-order valence-electron chi connectivity index (χ1n) is 10.1. The van der Waals surface area contributed by atoms with Crippen molar-refractivity contribution < 1.29 is 26.6 Å². The summed E-state index contributed by atoms with van der Waals surface area (Å²) in [6.45, 7) is 2.01. The van der Waals surface area contributed by atoms with E-state index in [0.717, 1.165) is 38.7 Å². The van der Waals surface area contributed by atoms with Crippen LogP contribution in [0.15, 0.2) is 79.0 Å². The Morgan fingerprint density at radius 3 is 2.53 bits per heavy atom. The molecule has 0 radical (unpaired) electrons. The number of nitrogens with one attached hydrogen (secondary N) is 2. The molecule has 0 saturated heterocycles. The Balaban J connectivity index is 0.00000216. The number of ketones is 1. The van der Waals surface area contributed by atoms with Gasteiger partial charge in [0.1, 0.15) is 11.1 Å². The van der Waals surface area contributed by atoms with Crippen molar-refractivity contribution in [2.24, 2.45) is 0 Å². The van der Waals surface area contributed by atoms with Crippen LogP contribution in [-0.2, 0) is 0 Å². The fraction of sp³-hybridized carbons (Fsp3) is 0.0385. The number of carbonyl (C=O) groups excluding carboxylic acids is 2. The van der Waals surface area contributed by atoms with Crippen LogP contribution in [0.3, 0.4) is 0 Å². The van der Waals surface area contributed by atoms with E-state index < -0.39 is 0 Å². The summed E-state index contributed by atoms with van der Waals surface area (Å²) in [7, 11) is 0. The zero-order valence-corrected chi connectivity index (χ0v) is 17.9. The van der Waals surface area contributed by atoms with Crippen LogP contribution >= 0.6 is 0 Å². The van der Waals surface area contributed by atoms with Crippen LogP contribution in [0.2, 0.25) is 0 Å². The minimum atomic E-state index is -0.167. The number of halogens is 1. The molecule has 6 heteroatoms. The molecule has 32 heavy (non-hydrogen) atoms. The van der Waals surface area contributed by atoms with E-state index in [-0.39, 0.29) is 24.1 Å². The average Bonchev–Trinajstić information content (AvgIpc) is 3.30. The Labute approximate surface area is 190 Å². The molecule has 6 rings (SSSR count). The van der Waals surface area contributed by atoms with Gasteiger partial charge < -0.3 is 22.7 Å². The van der Waals surface area contributed by atoms with E-state index >= 15 is 0 Å². The number of hydrogen-bond donors (Lipinski definition) is 2. The summed E-state index contributed by atoms with van der Waals surface area (Å²) in [5.74, 6) is -0.163. The molecule has 0 spiro atoms. The topological polar surface area (TPSA) is 65.8 Å². The standard InChI is InChI=1S/C26H17N3O2.ClH/c1-15-6-9-17(10-7-15)27-26(31)16-8-11-21-20(14-16)18-12-13-29-22-5-3-2-4-19(22)25(30)24(29)23(18)28-21;/h2-14H,1H3,(H,27,31);1H. The third-order valence-corrected chi connectivity index (χ3v) is 5.90. The van der Waals surface area contributed by atoms with Crippen molar-refractivity contribution in [1.29, 1.82) is 0 Å². The summed E-state index contributed by atoms with van der Waals surface area (Å²) in [5, 5.41) is 4.78. The molecule has 0 bridgehead atoms. The molecular formula is C26H18ClN3O2. The maximum absolute atomic E-state index is 13.1. The van der Waals surface area contributed by atoms with Gasteiger partial charge in [0.15, 0.2) is 6.20 Å². The number of hydrogen-bond acceptors (Lipinski definition) is 2. The number of rotatable bonds is 2. The van der Waals surface area contributed by atoms with Crippen LogP contribution in [-0.4, -0.2) is 16.7 Å². The number of pyridine rings is 1. The largest absolute Gasteiger partial charge is 1.00 e. The zero-order chi connectivity index (χ0) is 21.1. The summed E-state index contributed by atoms with van der Waals surface area (Å²) in [6.07, 6.45) is 1.92. The van der Waals surface area contributed by atoms with E-state index in [4.69, 9.17) is 0 Å². The molecule has 0 atom stereocenters. The molecule has 1 aliphatic heterocycles. The van der Waals surface area contributed by atoms with Crippen LogP contribution in [0, 0.1) is 6.92 Å². The smallest absolute Gasteiger partial charge is 0.284 e. The Morgan fingerprint density at radius 2 is 1.72 bits per heavy atom. The lowest BCUT2D eigenvalue weighted by Crippen LogP contribution is -3.00.